The molecule has 1 N–H and O–H groups in total. The molecule has 0 fully saturated rings. The molecule has 2 aromatic heterocycles. The lowest BCUT2D eigenvalue weighted by Crippen LogP contribution is -2.16. The molecule has 0 unspecified atom stereocenters. The summed E-state index contributed by atoms with van der Waals surface area (Å²) in [5.74, 6) is -2.16. The van der Waals surface area contributed by atoms with Crippen molar-refractivity contribution in [1.82, 2.24) is 9.97 Å². The number of nitrogens with zero attached hydrogens (tertiary/aromatic N) is 2. The first-order valence-corrected chi connectivity index (χ1v) is 7.61. The van der Waals surface area contributed by atoms with Gasteiger partial charge in [0.05, 0.1) is 17.8 Å². The number of hydrogen-bond donors (Lipinski definition) is 1. The van der Waals surface area contributed by atoms with Gasteiger partial charge >= 0.3 is 0 Å². The number of aromatic nitrogens is 2. The number of rotatable bonds is 4. The van der Waals surface area contributed by atoms with Crippen LogP contribution in [0.3, 0.4) is 0 Å². The molecule has 4 nitrogen and oxygen atoms in total. The molecule has 0 atom stereocenters. The maximum atomic E-state index is 13.5. The van der Waals surface area contributed by atoms with Gasteiger partial charge in [0.2, 0.25) is 5.91 Å². The zero-order valence-corrected chi connectivity index (χ0v) is 12.6. The fourth-order valence-corrected chi connectivity index (χ4v) is 2.76. The van der Waals surface area contributed by atoms with Gasteiger partial charge in [0.25, 0.3) is 0 Å². The lowest BCUT2D eigenvalue weighted by Gasteiger charge is -2.06. The normalized spacial score (nSPS) is 10.5. The van der Waals surface area contributed by atoms with E-state index in [1.54, 1.807) is 17.6 Å². The number of carbonyl (C=O) groups is 1. The van der Waals surface area contributed by atoms with E-state index in [9.17, 15) is 13.6 Å². The van der Waals surface area contributed by atoms with E-state index in [4.69, 9.17) is 0 Å². The third-order valence-electron chi connectivity index (χ3n) is 3.00. The zero-order valence-electron chi connectivity index (χ0n) is 11.8. The summed E-state index contributed by atoms with van der Waals surface area (Å²) in [6.07, 6.45) is 1.58. The Morgan fingerprint density at radius 1 is 1.13 bits per heavy atom. The van der Waals surface area contributed by atoms with Crippen LogP contribution in [0.1, 0.15) is 5.69 Å². The number of hydrogen-bond acceptors (Lipinski definition) is 4. The Hall–Kier alpha value is -2.67. The van der Waals surface area contributed by atoms with Crippen LogP contribution in [0.4, 0.5) is 14.5 Å². The number of nitrogens with one attached hydrogen (secondary N) is 1. The number of pyridine rings is 1. The van der Waals surface area contributed by atoms with Gasteiger partial charge < -0.3 is 5.32 Å². The van der Waals surface area contributed by atoms with Crippen LogP contribution >= 0.6 is 11.3 Å². The summed E-state index contributed by atoms with van der Waals surface area (Å²) in [5, 5.41) is 4.65. The number of carbonyl (C=O) groups excluding carboxylic acids is 1. The maximum absolute atomic E-state index is 13.5. The van der Waals surface area contributed by atoms with Crippen molar-refractivity contribution in [3.63, 3.8) is 0 Å². The van der Waals surface area contributed by atoms with Crippen molar-refractivity contribution in [2.45, 2.75) is 6.42 Å². The lowest BCUT2D eigenvalue weighted by atomic mass is 10.2. The molecule has 2 heterocycles. The molecule has 116 valence electrons. The maximum Gasteiger partial charge on any atom is 0.230 e. The summed E-state index contributed by atoms with van der Waals surface area (Å²) < 4.78 is 27.0. The average molecular weight is 331 g/mol. The van der Waals surface area contributed by atoms with Crippen LogP contribution in [0.5, 0.6) is 0 Å². The van der Waals surface area contributed by atoms with Crippen molar-refractivity contribution in [3.8, 4) is 10.7 Å². The molecular weight excluding hydrogens is 320 g/mol. The van der Waals surface area contributed by atoms with Gasteiger partial charge in [-0.3, -0.25) is 9.78 Å². The van der Waals surface area contributed by atoms with Crippen LogP contribution in [0.15, 0.2) is 48.0 Å². The fraction of sp³-hybridized carbons (Fsp3) is 0.0625. The van der Waals surface area contributed by atoms with Crippen molar-refractivity contribution in [2.75, 3.05) is 5.32 Å². The van der Waals surface area contributed by atoms with Gasteiger partial charge in [-0.1, -0.05) is 12.1 Å². The largest absolute Gasteiger partial charge is 0.321 e. The Balaban J connectivity index is 1.70. The number of thiazole rings is 1. The molecule has 0 aliphatic heterocycles. The van der Waals surface area contributed by atoms with Gasteiger partial charge in [-0.25, -0.2) is 13.8 Å². The molecule has 0 radical (unpaired) electrons. The standard InChI is InChI=1S/C16H11F2N3OS/c17-11-4-3-5-12(18)15(11)21-14(22)8-10-9-23-16(20-10)13-6-1-2-7-19-13/h1-7,9H,8H2,(H,21,22). The molecule has 0 saturated heterocycles. The van der Waals surface area contributed by atoms with Crippen molar-refractivity contribution in [2.24, 2.45) is 0 Å². The van der Waals surface area contributed by atoms with Crippen LogP contribution in [0.2, 0.25) is 0 Å². The first kappa shape index (κ1) is 15.2. The molecule has 3 aromatic rings. The molecule has 1 aromatic carbocycles. The second-order valence-electron chi connectivity index (χ2n) is 4.68. The summed E-state index contributed by atoms with van der Waals surface area (Å²) in [6, 6.07) is 8.87. The minimum atomic E-state index is -0.814. The summed E-state index contributed by atoms with van der Waals surface area (Å²) in [5.41, 5.74) is 0.784. The van der Waals surface area contributed by atoms with Crippen LogP contribution in [0, 0.1) is 11.6 Å². The topological polar surface area (TPSA) is 54.9 Å². The van der Waals surface area contributed by atoms with Gasteiger partial charge in [-0.2, -0.15) is 0 Å². The van der Waals surface area contributed by atoms with E-state index < -0.39 is 23.2 Å². The van der Waals surface area contributed by atoms with E-state index in [0.717, 1.165) is 12.1 Å². The summed E-state index contributed by atoms with van der Waals surface area (Å²) >= 11 is 1.36. The molecule has 7 heteroatoms. The summed E-state index contributed by atoms with van der Waals surface area (Å²) in [7, 11) is 0. The van der Waals surface area contributed by atoms with E-state index in [1.165, 1.54) is 17.4 Å². The lowest BCUT2D eigenvalue weighted by molar-refractivity contribution is -0.115. The van der Waals surface area contributed by atoms with Crippen LogP contribution < -0.4 is 5.32 Å². The van der Waals surface area contributed by atoms with Gasteiger partial charge in [0.15, 0.2) is 0 Å². The number of halogens is 2. The molecule has 0 spiro atoms. The molecule has 0 saturated carbocycles. The molecule has 0 aliphatic carbocycles. The first-order chi connectivity index (χ1) is 11.1. The highest BCUT2D eigenvalue weighted by Gasteiger charge is 2.14. The highest BCUT2D eigenvalue weighted by atomic mass is 32.1. The smallest absolute Gasteiger partial charge is 0.230 e. The minimum Gasteiger partial charge on any atom is -0.321 e. The van der Waals surface area contributed by atoms with Crippen molar-refractivity contribution >= 4 is 22.9 Å². The summed E-state index contributed by atoms with van der Waals surface area (Å²) in [4.78, 5) is 20.4. The fourth-order valence-electron chi connectivity index (χ4n) is 1.96. The van der Waals surface area contributed by atoms with Crippen LogP contribution in [-0.2, 0) is 11.2 Å². The predicted molar refractivity (Wildman–Crippen MR) is 84.0 cm³/mol. The third-order valence-corrected chi connectivity index (χ3v) is 3.92. The highest BCUT2D eigenvalue weighted by molar-refractivity contribution is 7.13. The van der Waals surface area contributed by atoms with Crippen molar-refractivity contribution in [3.05, 3.63) is 65.3 Å². The molecular formula is C16H11F2N3OS. The molecule has 0 aliphatic rings. The number of para-hydroxylation sites is 1. The molecule has 3 rings (SSSR count). The van der Waals surface area contributed by atoms with Gasteiger partial charge in [0.1, 0.15) is 22.3 Å². The van der Waals surface area contributed by atoms with E-state index in [1.807, 2.05) is 12.1 Å². The first-order valence-electron chi connectivity index (χ1n) is 6.73. The average Bonchev–Trinajstić information content (AvgIpc) is 3.00. The van der Waals surface area contributed by atoms with Crippen LogP contribution in [-0.4, -0.2) is 15.9 Å². The van der Waals surface area contributed by atoms with Crippen LogP contribution in [0.25, 0.3) is 10.7 Å². The van der Waals surface area contributed by atoms with Gasteiger partial charge in [-0.05, 0) is 24.3 Å². The van der Waals surface area contributed by atoms with Crippen molar-refractivity contribution < 1.29 is 13.6 Å². The van der Waals surface area contributed by atoms with Gasteiger partial charge in [-0.15, -0.1) is 11.3 Å². The number of amides is 1. The second-order valence-corrected chi connectivity index (χ2v) is 5.54. The Morgan fingerprint density at radius 2 is 1.91 bits per heavy atom. The Kier molecular flexibility index (Phi) is 4.38. The number of benzene rings is 1. The molecule has 0 bridgehead atoms. The Bertz CT molecular complexity index is 816. The third kappa shape index (κ3) is 3.57. The Labute approximate surface area is 134 Å². The zero-order chi connectivity index (χ0) is 16.2. The highest BCUT2D eigenvalue weighted by Crippen LogP contribution is 2.22. The Morgan fingerprint density at radius 3 is 2.61 bits per heavy atom. The molecule has 1 amide bonds. The van der Waals surface area contributed by atoms with E-state index >= 15 is 0 Å². The SMILES string of the molecule is O=C(Cc1csc(-c2ccccn2)n1)Nc1c(F)cccc1F. The van der Waals surface area contributed by atoms with Gasteiger partial charge in [0, 0.05) is 11.6 Å². The van der Waals surface area contributed by atoms with E-state index in [2.05, 4.69) is 15.3 Å². The predicted octanol–water partition coefficient (Wildman–Crippen LogP) is 3.66. The van der Waals surface area contributed by atoms with E-state index in [-0.39, 0.29) is 6.42 Å². The molecule has 23 heavy (non-hydrogen) atoms. The van der Waals surface area contributed by atoms with E-state index in [0.29, 0.717) is 16.4 Å². The quantitative estimate of drug-likeness (QED) is 0.794. The van der Waals surface area contributed by atoms with Crippen molar-refractivity contribution in [1.29, 1.82) is 0 Å². The summed E-state index contributed by atoms with van der Waals surface area (Å²) in [6.45, 7) is 0. The number of anilines is 1. The minimum absolute atomic E-state index is 0.0723. The second kappa shape index (κ2) is 6.62. The monoisotopic (exact) mass is 331 g/mol.